The van der Waals surface area contributed by atoms with Crippen LogP contribution in [0.5, 0.6) is 0 Å². The van der Waals surface area contributed by atoms with Gasteiger partial charge in [0.1, 0.15) is 0 Å². The molecule has 0 radical (unpaired) electrons. The largest absolute Gasteiger partial charge is 0.398 e. The number of rotatable bonds is 4. The topological polar surface area (TPSA) is 59.2 Å². The normalized spacial score (nSPS) is 10.3. The van der Waals surface area contributed by atoms with Gasteiger partial charge in [-0.05, 0) is 43.7 Å². The van der Waals surface area contributed by atoms with E-state index in [-0.39, 0.29) is 5.91 Å². The van der Waals surface area contributed by atoms with Crippen molar-refractivity contribution in [3.63, 3.8) is 0 Å². The van der Waals surface area contributed by atoms with Gasteiger partial charge in [-0.3, -0.25) is 9.78 Å². The molecule has 104 valence electrons. The van der Waals surface area contributed by atoms with Crippen LogP contribution in [0.25, 0.3) is 0 Å². The molecule has 2 aromatic rings. The summed E-state index contributed by atoms with van der Waals surface area (Å²) in [5.74, 6) is -0.0366. The summed E-state index contributed by atoms with van der Waals surface area (Å²) < 4.78 is 0. The Balaban J connectivity index is 2.23. The highest BCUT2D eigenvalue weighted by Crippen LogP contribution is 2.17. The first-order chi connectivity index (χ1) is 9.61. The molecule has 0 bridgehead atoms. The van der Waals surface area contributed by atoms with Crippen LogP contribution in [0, 0.1) is 6.92 Å². The molecule has 0 aliphatic rings. The first kappa shape index (κ1) is 14.1. The van der Waals surface area contributed by atoms with E-state index in [1.807, 2.05) is 38.1 Å². The predicted molar refractivity (Wildman–Crippen MR) is 80.2 cm³/mol. The minimum absolute atomic E-state index is 0.0366. The van der Waals surface area contributed by atoms with Crippen molar-refractivity contribution < 1.29 is 4.79 Å². The number of nitrogens with zero attached hydrogens (tertiary/aromatic N) is 2. The maximum absolute atomic E-state index is 12.6. The molecule has 20 heavy (non-hydrogen) atoms. The highest BCUT2D eigenvalue weighted by atomic mass is 16.2. The van der Waals surface area contributed by atoms with Gasteiger partial charge < -0.3 is 10.6 Å². The molecular weight excluding hydrogens is 250 g/mol. The SMILES string of the molecule is CCN(Cc1ccncc1)C(=O)c1cc(C)ccc1N. The van der Waals surface area contributed by atoms with Gasteiger partial charge in [-0.15, -0.1) is 0 Å². The summed E-state index contributed by atoms with van der Waals surface area (Å²) in [6.45, 7) is 5.11. The lowest BCUT2D eigenvalue weighted by molar-refractivity contribution is 0.0753. The van der Waals surface area contributed by atoms with Crippen LogP contribution in [0.3, 0.4) is 0 Å². The molecule has 2 rings (SSSR count). The second kappa shape index (κ2) is 6.19. The summed E-state index contributed by atoms with van der Waals surface area (Å²) in [7, 11) is 0. The van der Waals surface area contributed by atoms with E-state index < -0.39 is 0 Å². The van der Waals surface area contributed by atoms with Crippen molar-refractivity contribution in [2.75, 3.05) is 12.3 Å². The van der Waals surface area contributed by atoms with Gasteiger partial charge in [0.25, 0.3) is 5.91 Å². The Morgan fingerprint density at radius 1 is 1.25 bits per heavy atom. The number of amides is 1. The van der Waals surface area contributed by atoms with Crippen molar-refractivity contribution >= 4 is 11.6 Å². The molecule has 0 unspecified atom stereocenters. The van der Waals surface area contributed by atoms with E-state index >= 15 is 0 Å². The van der Waals surface area contributed by atoms with Gasteiger partial charge in [0.05, 0.1) is 5.56 Å². The molecule has 4 heteroatoms. The van der Waals surface area contributed by atoms with Crippen molar-refractivity contribution in [1.29, 1.82) is 0 Å². The Kier molecular flexibility index (Phi) is 4.35. The molecule has 0 atom stereocenters. The van der Waals surface area contributed by atoms with Crippen molar-refractivity contribution in [2.24, 2.45) is 0 Å². The molecule has 0 aliphatic heterocycles. The maximum Gasteiger partial charge on any atom is 0.256 e. The van der Waals surface area contributed by atoms with Crippen LogP contribution in [0.4, 0.5) is 5.69 Å². The van der Waals surface area contributed by atoms with Crippen LogP contribution < -0.4 is 5.73 Å². The Bertz CT molecular complexity index is 596. The Hall–Kier alpha value is -2.36. The van der Waals surface area contributed by atoms with E-state index in [9.17, 15) is 4.79 Å². The lowest BCUT2D eigenvalue weighted by Crippen LogP contribution is -2.31. The van der Waals surface area contributed by atoms with E-state index in [1.54, 1.807) is 23.4 Å². The van der Waals surface area contributed by atoms with Gasteiger partial charge >= 0.3 is 0 Å². The number of carbonyl (C=O) groups is 1. The minimum atomic E-state index is -0.0366. The van der Waals surface area contributed by atoms with Gasteiger partial charge in [0, 0.05) is 31.2 Å². The molecule has 1 aromatic carbocycles. The summed E-state index contributed by atoms with van der Waals surface area (Å²) in [6.07, 6.45) is 3.46. The summed E-state index contributed by atoms with van der Waals surface area (Å²) in [6, 6.07) is 9.35. The first-order valence-corrected chi connectivity index (χ1v) is 6.66. The summed E-state index contributed by atoms with van der Waals surface area (Å²) >= 11 is 0. The molecule has 0 aliphatic carbocycles. The highest BCUT2D eigenvalue weighted by Gasteiger charge is 2.17. The first-order valence-electron chi connectivity index (χ1n) is 6.66. The molecule has 1 amide bonds. The number of hydrogen-bond acceptors (Lipinski definition) is 3. The van der Waals surface area contributed by atoms with Crippen molar-refractivity contribution in [3.8, 4) is 0 Å². The molecule has 4 nitrogen and oxygen atoms in total. The third kappa shape index (κ3) is 3.15. The number of anilines is 1. The van der Waals surface area contributed by atoms with Gasteiger partial charge in [-0.2, -0.15) is 0 Å². The molecule has 0 saturated heterocycles. The monoisotopic (exact) mass is 269 g/mol. The summed E-state index contributed by atoms with van der Waals surface area (Å²) in [5, 5.41) is 0. The second-order valence-electron chi connectivity index (χ2n) is 4.77. The van der Waals surface area contributed by atoms with Crippen LogP contribution in [0.2, 0.25) is 0 Å². The average molecular weight is 269 g/mol. The van der Waals surface area contributed by atoms with Crippen molar-refractivity contribution in [3.05, 3.63) is 59.4 Å². The zero-order chi connectivity index (χ0) is 14.5. The standard InChI is InChI=1S/C16H19N3O/c1-3-19(11-13-6-8-18-9-7-13)16(20)14-10-12(2)4-5-15(14)17/h4-10H,3,11,17H2,1-2H3. The zero-order valence-electron chi connectivity index (χ0n) is 11.8. The van der Waals surface area contributed by atoms with Crippen LogP contribution in [-0.2, 0) is 6.54 Å². The van der Waals surface area contributed by atoms with Crippen molar-refractivity contribution in [2.45, 2.75) is 20.4 Å². The number of aryl methyl sites for hydroxylation is 1. The number of nitrogen functional groups attached to an aromatic ring is 1. The fourth-order valence-electron chi connectivity index (χ4n) is 2.06. The summed E-state index contributed by atoms with van der Waals surface area (Å²) in [4.78, 5) is 18.3. The van der Waals surface area contributed by atoms with Gasteiger partial charge in [-0.25, -0.2) is 0 Å². The van der Waals surface area contributed by atoms with E-state index in [4.69, 9.17) is 5.73 Å². The Morgan fingerprint density at radius 3 is 2.60 bits per heavy atom. The fraction of sp³-hybridized carbons (Fsp3) is 0.250. The zero-order valence-corrected chi connectivity index (χ0v) is 11.8. The van der Waals surface area contributed by atoms with E-state index in [2.05, 4.69) is 4.98 Å². The predicted octanol–water partition coefficient (Wildman–Crippen LogP) is 2.63. The number of carbonyl (C=O) groups excluding carboxylic acids is 1. The van der Waals surface area contributed by atoms with Gasteiger partial charge in [0.15, 0.2) is 0 Å². The van der Waals surface area contributed by atoms with E-state index in [0.717, 1.165) is 11.1 Å². The quantitative estimate of drug-likeness (QED) is 0.868. The lowest BCUT2D eigenvalue weighted by Gasteiger charge is -2.22. The van der Waals surface area contributed by atoms with Crippen LogP contribution in [0.1, 0.15) is 28.4 Å². The Morgan fingerprint density at radius 2 is 1.95 bits per heavy atom. The lowest BCUT2D eigenvalue weighted by atomic mass is 10.1. The fourth-order valence-corrected chi connectivity index (χ4v) is 2.06. The average Bonchev–Trinajstić information content (AvgIpc) is 2.47. The van der Waals surface area contributed by atoms with Gasteiger partial charge in [0.2, 0.25) is 0 Å². The number of aromatic nitrogens is 1. The minimum Gasteiger partial charge on any atom is -0.398 e. The van der Waals surface area contributed by atoms with Crippen LogP contribution in [0.15, 0.2) is 42.7 Å². The van der Waals surface area contributed by atoms with Crippen LogP contribution >= 0.6 is 0 Å². The number of hydrogen-bond donors (Lipinski definition) is 1. The van der Waals surface area contributed by atoms with E-state index in [0.29, 0.717) is 24.3 Å². The molecule has 0 saturated carbocycles. The number of benzene rings is 1. The van der Waals surface area contributed by atoms with Gasteiger partial charge in [-0.1, -0.05) is 11.6 Å². The maximum atomic E-state index is 12.6. The third-order valence-corrected chi connectivity index (χ3v) is 3.23. The molecule has 1 aromatic heterocycles. The number of pyridine rings is 1. The Labute approximate surface area is 119 Å². The smallest absolute Gasteiger partial charge is 0.256 e. The van der Waals surface area contributed by atoms with Crippen molar-refractivity contribution in [1.82, 2.24) is 9.88 Å². The molecule has 2 N–H and O–H groups in total. The van der Waals surface area contributed by atoms with Crippen LogP contribution in [-0.4, -0.2) is 22.3 Å². The molecular formula is C16H19N3O. The molecule has 0 fully saturated rings. The molecule has 0 spiro atoms. The number of nitrogens with two attached hydrogens (primary N) is 1. The van der Waals surface area contributed by atoms with E-state index in [1.165, 1.54) is 0 Å². The summed E-state index contributed by atoms with van der Waals surface area (Å²) in [5.41, 5.74) is 9.10. The molecule has 1 heterocycles. The highest BCUT2D eigenvalue weighted by molar-refractivity contribution is 5.99. The third-order valence-electron chi connectivity index (χ3n) is 3.23. The second-order valence-corrected chi connectivity index (χ2v) is 4.77.